The molecule has 0 bridgehead atoms. The van der Waals surface area contributed by atoms with Crippen LogP contribution in [-0.2, 0) is 34.2 Å². The minimum Gasteiger partial charge on any atom is -0.459 e. The minimum absolute atomic E-state index is 0.00980. The molecule has 0 fully saturated rings. The van der Waals surface area contributed by atoms with Crippen molar-refractivity contribution in [3.63, 3.8) is 0 Å². The van der Waals surface area contributed by atoms with E-state index < -0.39 is 5.97 Å². The molecule has 3 heterocycles. The molecule has 9 nitrogen and oxygen atoms in total. The molecule has 3 aromatic rings. The van der Waals surface area contributed by atoms with E-state index in [1.807, 2.05) is 64.3 Å². The van der Waals surface area contributed by atoms with E-state index in [1.165, 1.54) is 28.0 Å². The van der Waals surface area contributed by atoms with Gasteiger partial charge in [-0.15, -0.1) is 11.3 Å². The number of thioether (sulfide) groups is 1. The number of nitrogens with one attached hydrogen (secondary N) is 1. The summed E-state index contributed by atoms with van der Waals surface area (Å²) < 4.78 is 7.19. The maximum atomic E-state index is 13.4. The zero-order valence-electron chi connectivity index (χ0n) is 22.9. The predicted molar refractivity (Wildman–Crippen MR) is 160 cm³/mol. The molecule has 40 heavy (non-hydrogen) atoms. The number of amides is 2. The maximum absolute atomic E-state index is 13.4. The van der Waals surface area contributed by atoms with Gasteiger partial charge in [-0.2, -0.15) is 5.10 Å². The number of benzene rings is 1. The van der Waals surface area contributed by atoms with E-state index in [4.69, 9.17) is 4.74 Å². The fraction of sp³-hybridized carbons (Fsp3) is 0.345. The van der Waals surface area contributed by atoms with E-state index >= 15 is 0 Å². The third-order valence-electron chi connectivity index (χ3n) is 6.49. The number of amidine groups is 1. The normalized spacial score (nSPS) is 15.9. The second kappa shape index (κ2) is 11.8. The van der Waals surface area contributed by atoms with Crippen molar-refractivity contribution in [3.05, 3.63) is 69.5 Å². The molecule has 1 aromatic carbocycles. The summed E-state index contributed by atoms with van der Waals surface area (Å²) in [6, 6.07) is 9.23. The van der Waals surface area contributed by atoms with Crippen molar-refractivity contribution in [1.82, 2.24) is 9.78 Å². The topological polar surface area (TPSA) is 106 Å². The number of para-hydroxylation sites is 1. The molecular formula is C29H31N5O4S2. The van der Waals surface area contributed by atoms with Gasteiger partial charge in [0.25, 0.3) is 5.91 Å². The lowest BCUT2D eigenvalue weighted by atomic mass is 9.95. The van der Waals surface area contributed by atoms with E-state index in [-0.39, 0.29) is 29.4 Å². The Hall–Kier alpha value is -3.70. The highest BCUT2D eigenvalue weighted by Crippen LogP contribution is 2.39. The zero-order valence-corrected chi connectivity index (χ0v) is 24.5. The van der Waals surface area contributed by atoms with Crippen LogP contribution in [0.25, 0.3) is 6.08 Å². The number of hydrogen-bond acceptors (Lipinski definition) is 8. The Balaban J connectivity index is 1.37. The van der Waals surface area contributed by atoms with Crippen LogP contribution in [-0.4, -0.2) is 44.6 Å². The summed E-state index contributed by atoms with van der Waals surface area (Å²) in [6.07, 6.45) is 7.05. The Morgan fingerprint density at radius 3 is 2.65 bits per heavy atom. The number of ether oxygens (including phenoxy) is 1. The monoisotopic (exact) mass is 577 g/mol. The van der Waals surface area contributed by atoms with E-state index in [2.05, 4.69) is 15.4 Å². The molecule has 5 rings (SSSR count). The number of hydrogen-bond donors (Lipinski definition) is 1. The van der Waals surface area contributed by atoms with E-state index in [0.29, 0.717) is 21.4 Å². The van der Waals surface area contributed by atoms with Crippen molar-refractivity contribution in [3.8, 4) is 0 Å². The molecule has 0 spiro atoms. The number of anilines is 2. The van der Waals surface area contributed by atoms with Gasteiger partial charge in [0.2, 0.25) is 5.91 Å². The lowest BCUT2D eigenvalue weighted by molar-refractivity contribution is -0.114. The van der Waals surface area contributed by atoms with E-state index in [0.717, 1.165) is 47.4 Å². The van der Waals surface area contributed by atoms with Crippen LogP contribution < -0.4 is 10.2 Å². The number of esters is 1. The number of nitrogens with zero attached hydrogens (tertiary/aromatic N) is 4. The average Bonchev–Trinajstić information content (AvgIpc) is 3.54. The van der Waals surface area contributed by atoms with Crippen molar-refractivity contribution in [1.29, 1.82) is 0 Å². The molecule has 2 aliphatic rings. The molecule has 2 aromatic heterocycles. The summed E-state index contributed by atoms with van der Waals surface area (Å²) in [5.74, 6) is -0.956. The van der Waals surface area contributed by atoms with Crippen LogP contribution in [0.3, 0.4) is 0 Å². The highest BCUT2D eigenvalue weighted by atomic mass is 32.2. The fourth-order valence-electron chi connectivity index (χ4n) is 4.74. The number of aliphatic imine (C=N–C) groups is 1. The molecule has 0 unspecified atom stereocenters. The van der Waals surface area contributed by atoms with E-state index in [1.54, 1.807) is 10.8 Å². The number of carbonyl (C=O) groups is 3. The standard InChI is InChI=1S/C29H31N5O4S2/c1-17(2)38-28(37)25-21-12-8-9-13-23(21)40-26(25)31-24(35)16-39-29-30-22(14-19-15-33(4)32-18(19)3)27(36)34(29)20-10-6-5-7-11-20/h5-7,10-11,14-15,17H,8-9,12-13,16H2,1-4H3,(H,31,35). The van der Waals surface area contributed by atoms with Gasteiger partial charge >= 0.3 is 5.97 Å². The smallest absolute Gasteiger partial charge is 0.341 e. The van der Waals surface area contributed by atoms with Crippen molar-refractivity contribution in [2.45, 2.75) is 52.6 Å². The quantitative estimate of drug-likeness (QED) is 0.300. The number of thiophene rings is 1. The van der Waals surface area contributed by atoms with Crippen LogP contribution >= 0.6 is 23.1 Å². The molecule has 0 saturated carbocycles. The van der Waals surface area contributed by atoms with Crippen molar-refractivity contribution in [2.24, 2.45) is 12.0 Å². The lowest BCUT2D eigenvalue weighted by Crippen LogP contribution is -2.31. The largest absolute Gasteiger partial charge is 0.459 e. The summed E-state index contributed by atoms with van der Waals surface area (Å²) in [7, 11) is 1.82. The summed E-state index contributed by atoms with van der Waals surface area (Å²) in [4.78, 5) is 46.8. The van der Waals surface area contributed by atoms with Gasteiger partial charge in [-0.3, -0.25) is 19.2 Å². The Morgan fingerprint density at radius 1 is 1.20 bits per heavy atom. The first-order valence-corrected chi connectivity index (χ1v) is 15.0. The molecule has 1 aliphatic heterocycles. The third kappa shape index (κ3) is 5.90. The number of fused-ring (bicyclic) bond motifs is 1. The first kappa shape index (κ1) is 27.9. The number of aryl methyl sites for hydroxylation is 3. The molecule has 2 amide bonds. The van der Waals surface area contributed by atoms with Gasteiger partial charge in [0.15, 0.2) is 5.17 Å². The van der Waals surface area contributed by atoms with Crippen molar-refractivity contribution in [2.75, 3.05) is 16.0 Å². The third-order valence-corrected chi connectivity index (χ3v) is 8.64. The second-order valence-electron chi connectivity index (χ2n) is 9.95. The highest BCUT2D eigenvalue weighted by Gasteiger charge is 2.33. The first-order chi connectivity index (χ1) is 19.2. The van der Waals surface area contributed by atoms with Crippen molar-refractivity contribution < 1.29 is 19.1 Å². The van der Waals surface area contributed by atoms with Crippen LogP contribution in [0.2, 0.25) is 0 Å². The van der Waals surface area contributed by atoms with Crippen LogP contribution in [0.1, 0.15) is 58.7 Å². The molecule has 11 heteroatoms. The Kier molecular flexibility index (Phi) is 8.22. The molecule has 0 radical (unpaired) electrons. The van der Waals surface area contributed by atoms with Gasteiger partial charge in [-0.25, -0.2) is 9.79 Å². The molecule has 1 N–H and O–H groups in total. The Bertz CT molecular complexity index is 1520. The maximum Gasteiger partial charge on any atom is 0.341 e. The average molecular weight is 578 g/mol. The van der Waals surface area contributed by atoms with Gasteiger partial charge in [0, 0.05) is 23.7 Å². The van der Waals surface area contributed by atoms with Gasteiger partial charge in [0.05, 0.1) is 28.8 Å². The van der Waals surface area contributed by atoms with Gasteiger partial charge < -0.3 is 10.1 Å². The fourth-order valence-corrected chi connectivity index (χ4v) is 6.85. The summed E-state index contributed by atoms with van der Waals surface area (Å²) in [6.45, 7) is 5.50. The molecule has 1 aliphatic carbocycles. The lowest BCUT2D eigenvalue weighted by Gasteiger charge is -2.17. The van der Waals surface area contributed by atoms with Crippen LogP contribution in [0.15, 0.2) is 47.2 Å². The summed E-state index contributed by atoms with van der Waals surface area (Å²) in [5.41, 5.74) is 3.99. The van der Waals surface area contributed by atoms with Crippen LogP contribution in [0, 0.1) is 6.92 Å². The Morgan fingerprint density at radius 2 is 1.95 bits per heavy atom. The number of carbonyl (C=O) groups excluding carboxylic acids is 3. The SMILES string of the molecule is Cc1nn(C)cc1C=C1N=C(SCC(=O)Nc2sc3c(c2C(=O)OC(C)C)CCCC3)N(c2ccccc2)C1=O. The number of aromatic nitrogens is 2. The van der Waals surface area contributed by atoms with Gasteiger partial charge in [-0.1, -0.05) is 30.0 Å². The molecule has 0 atom stereocenters. The molecule has 208 valence electrons. The molecular weight excluding hydrogens is 546 g/mol. The van der Waals surface area contributed by atoms with Crippen LogP contribution in [0.4, 0.5) is 10.7 Å². The van der Waals surface area contributed by atoms with Crippen LogP contribution in [0.5, 0.6) is 0 Å². The predicted octanol–water partition coefficient (Wildman–Crippen LogP) is 5.35. The van der Waals surface area contributed by atoms with Gasteiger partial charge in [0.1, 0.15) is 10.7 Å². The second-order valence-corrected chi connectivity index (χ2v) is 12.0. The number of rotatable bonds is 7. The minimum atomic E-state index is -0.404. The first-order valence-electron chi connectivity index (χ1n) is 13.2. The zero-order chi connectivity index (χ0) is 28.4. The summed E-state index contributed by atoms with van der Waals surface area (Å²) >= 11 is 2.62. The van der Waals surface area contributed by atoms with Crippen molar-refractivity contribution >= 4 is 62.8 Å². The van der Waals surface area contributed by atoms with E-state index in [9.17, 15) is 14.4 Å². The molecule has 0 saturated heterocycles. The Labute approximate surface area is 241 Å². The summed E-state index contributed by atoms with van der Waals surface area (Å²) in [5, 5.41) is 8.22. The van der Waals surface area contributed by atoms with Gasteiger partial charge in [-0.05, 0) is 70.2 Å². The highest BCUT2D eigenvalue weighted by molar-refractivity contribution is 8.14.